The Morgan fingerprint density at radius 2 is 2.19 bits per heavy atom. The summed E-state index contributed by atoms with van der Waals surface area (Å²) in [6.07, 6.45) is 8.05. The van der Waals surface area contributed by atoms with Crippen molar-refractivity contribution in [1.82, 2.24) is 14.9 Å². The molecule has 0 bridgehead atoms. The van der Waals surface area contributed by atoms with Crippen LogP contribution in [0, 0.1) is 0 Å². The predicted octanol–water partition coefficient (Wildman–Crippen LogP) is 3.00. The van der Waals surface area contributed by atoms with Gasteiger partial charge in [0.15, 0.2) is 5.78 Å². The van der Waals surface area contributed by atoms with E-state index in [1.54, 1.807) is 12.4 Å². The molecule has 1 fully saturated rings. The lowest BCUT2D eigenvalue weighted by molar-refractivity contribution is 0.0980. The fourth-order valence-corrected chi connectivity index (χ4v) is 3.27. The van der Waals surface area contributed by atoms with Crippen LogP contribution >= 0.6 is 15.9 Å². The molecule has 0 spiro atoms. The molecule has 1 saturated heterocycles. The molecule has 0 unspecified atom stereocenters. The lowest BCUT2D eigenvalue weighted by Crippen LogP contribution is -2.30. The number of halogens is 1. The maximum atomic E-state index is 12.6. The molecule has 2 aromatic rings. The monoisotopic (exact) mass is 347 g/mol. The number of Topliss-reactive ketones (excluding diaryl/α,β-unsaturated/α-hetero) is 1. The highest BCUT2D eigenvalue weighted by Crippen LogP contribution is 2.22. The first kappa shape index (κ1) is 14.5. The Bertz CT molecular complexity index is 632. The molecule has 0 aliphatic carbocycles. The van der Waals surface area contributed by atoms with Gasteiger partial charge in [-0.1, -0.05) is 0 Å². The van der Waals surface area contributed by atoms with Gasteiger partial charge in [0.2, 0.25) is 0 Å². The van der Waals surface area contributed by atoms with Crippen LogP contribution in [0.15, 0.2) is 41.3 Å². The first-order valence-corrected chi connectivity index (χ1v) is 8.03. The zero-order valence-electron chi connectivity index (χ0n) is 11.8. The average molecular weight is 348 g/mol. The maximum absolute atomic E-state index is 12.6. The molecule has 0 amide bonds. The average Bonchev–Trinajstić information content (AvgIpc) is 2.98. The topological polar surface area (TPSA) is 46.9 Å². The molecular weight excluding hydrogens is 330 g/mol. The van der Waals surface area contributed by atoms with Crippen LogP contribution in [0.1, 0.15) is 34.9 Å². The van der Waals surface area contributed by atoms with Crippen LogP contribution in [0.25, 0.3) is 0 Å². The van der Waals surface area contributed by atoms with Gasteiger partial charge in [-0.05, 0) is 65.6 Å². The lowest BCUT2D eigenvalue weighted by Gasteiger charge is -2.25. The number of rotatable bonds is 4. The van der Waals surface area contributed by atoms with Crippen LogP contribution in [0.4, 0.5) is 0 Å². The molecule has 5 heteroatoms. The Labute approximate surface area is 132 Å². The summed E-state index contributed by atoms with van der Waals surface area (Å²) in [5.41, 5.74) is 1.74. The molecule has 110 valence electrons. The second-order valence-electron chi connectivity index (χ2n) is 5.39. The number of ketones is 1. The fraction of sp³-hybridized carbons (Fsp3) is 0.375. The molecular formula is C16H18BrN3O. The van der Waals surface area contributed by atoms with Crippen LogP contribution < -0.4 is 5.32 Å². The first-order chi connectivity index (χ1) is 10.2. The minimum Gasteiger partial charge on any atom is -0.342 e. The van der Waals surface area contributed by atoms with E-state index in [0.717, 1.165) is 41.7 Å². The third-order valence-electron chi connectivity index (χ3n) is 3.89. The lowest BCUT2D eigenvalue weighted by atomic mass is 10.0. The van der Waals surface area contributed by atoms with Gasteiger partial charge in [0.25, 0.3) is 0 Å². The zero-order valence-corrected chi connectivity index (χ0v) is 13.3. The van der Waals surface area contributed by atoms with E-state index in [4.69, 9.17) is 0 Å². The van der Waals surface area contributed by atoms with Gasteiger partial charge in [-0.3, -0.25) is 9.78 Å². The van der Waals surface area contributed by atoms with Gasteiger partial charge in [0.1, 0.15) is 0 Å². The summed E-state index contributed by atoms with van der Waals surface area (Å²) in [7, 11) is 0. The van der Waals surface area contributed by atoms with Crippen molar-refractivity contribution in [3.05, 3.63) is 52.5 Å². The van der Waals surface area contributed by atoms with E-state index in [0.29, 0.717) is 12.5 Å². The summed E-state index contributed by atoms with van der Waals surface area (Å²) < 4.78 is 3.05. The normalized spacial score (nSPS) is 16.0. The van der Waals surface area contributed by atoms with E-state index in [1.807, 2.05) is 24.4 Å². The SMILES string of the molecule is O=C(Cc1cncc(Br)c1)c1cccn1C1CCNCC1. The van der Waals surface area contributed by atoms with Crippen molar-refractivity contribution in [1.29, 1.82) is 0 Å². The summed E-state index contributed by atoms with van der Waals surface area (Å²) in [5.74, 6) is 0.151. The van der Waals surface area contributed by atoms with Crippen molar-refractivity contribution < 1.29 is 4.79 Å². The highest BCUT2D eigenvalue weighted by Gasteiger charge is 2.20. The molecule has 4 nitrogen and oxygen atoms in total. The molecule has 0 aromatic carbocycles. The van der Waals surface area contributed by atoms with Gasteiger partial charge in [0.05, 0.1) is 5.69 Å². The summed E-state index contributed by atoms with van der Waals surface area (Å²) in [5, 5.41) is 3.36. The number of carbonyl (C=O) groups excluding carboxylic acids is 1. The number of pyridine rings is 1. The van der Waals surface area contributed by atoms with Gasteiger partial charge in [-0.15, -0.1) is 0 Å². The van der Waals surface area contributed by atoms with Crippen molar-refractivity contribution in [3.8, 4) is 0 Å². The number of hydrogen-bond acceptors (Lipinski definition) is 3. The Hall–Kier alpha value is -1.46. The highest BCUT2D eigenvalue weighted by molar-refractivity contribution is 9.10. The number of aromatic nitrogens is 2. The summed E-state index contributed by atoms with van der Waals surface area (Å²) >= 11 is 3.39. The van der Waals surface area contributed by atoms with Gasteiger partial charge in [-0.25, -0.2) is 0 Å². The molecule has 1 N–H and O–H groups in total. The van der Waals surface area contributed by atoms with Crippen LogP contribution in [-0.4, -0.2) is 28.4 Å². The Morgan fingerprint density at radius 3 is 2.95 bits per heavy atom. The second-order valence-corrected chi connectivity index (χ2v) is 6.31. The molecule has 1 aliphatic heterocycles. The Balaban J connectivity index is 1.77. The number of hydrogen-bond donors (Lipinski definition) is 1. The molecule has 0 atom stereocenters. The smallest absolute Gasteiger partial charge is 0.183 e. The summed E-state index contributed by atoms with van der Waals surface area (Å²) in [6.45, 7) is 2.04. The number of piperidine rings is 1. The minimum absolute atomic E-state index is 0.151. The molecule has 3 heterocycles. The Kier molecular flexibility index (Phi) is 4.51. The molecule has 0 radical (unpaired) electrons. The van der Waals surface area contributed by atoms with Crippen LogP contribution in [0.5, 0.6) is 0 Å². The number of carbonyl (C=O) groups is 1. The van der Waals surface area contributed by atoms with E-state index in [9.17, 15) is 4.79 Å². The quantitative estimate of drug-likeness (QED) is 0.864. The predicted molar refractivity (Wildman–Crippen MR) is 85.5 cm³/mol. The van der Waals surface area contributed by atoms with E-state index in [-0.39, 0.29) is 5.78 Å². The van der Waals surface area contributed by atoms with Gasteiger partial charge >= 0.3 is 0 Å². The van der Waals surface area contributed by atoms with E-state index in [2.05, 4.69) is 30.8 Å². The van der Waals surface area contributed by atoms with Crippen molar-refractivity contribution in [2.24, 2.45) is 0 Å². The molecule has 1 aliphatic rings. The van der Waals surface area contributed by atoms with Crippen molar-refractivity contribution in [3.63, 3.8) is 0 Å². The first-order valence-electron chi connectivity index (χ1n) is 7.24. The van der Waals surface area contributed by atoms with Gasteiger partial charge < -0.3 is 9.88 Å². The minimum atomic E-state index is 0.151. The zero-order chi connectivity index (χ0) is 14.7. The second kappa shape index (κ2) is 6.54. The third kappa shape index (κ3) is 3.41. The van der Waals surface area contributed by atoms with Crippen molar-refractivity contribution in [2.75, 3.05) is 13.1 Å². The van der Waals surface area contributed by atoms with Crippen LogP contribution in [0.2, 0.25) is 0 Å². The van der Waals surface area contributed by atoms with E-state index in [1.165, 1.54) is 0 Å². The molecule has 3 rings (SSSR count). The number of nitrogens with zero attached hydrogens (tertiary/aromatic N) is 2. The van der Waals surface area contributed by atoms with Crippen molar-refractivity contribution >= 4 is 21.7 Å². The van der Waals surface area contributed by atoms with Gasteiger partial charge in [0, 0.05) is 35.5 Å². The highest BCUT2D eigenvalue weighted by atomic mass is 79.9. The standard InChI is InChI=1S/C16H18BrN3O/c17-13-8-12(10-19-11-13)9-16(21)15-2-1-7-20(15)14-3-5-18-6-4-14/h1-2,7-8,10-11,14,18H,3-6,9H2. The van der Waals surface area contributed by atoms with Crippen LogP contribution in [0.3, 0.4) is 0 Å². The third-order valence-corrected chi connectivity index (χ3v) is 4.33. The van der Waals surface area contributed by atoms with Crippen LogP contribution in [-0.2, 0) is 6.42 Å². The van der Waals surface area contributed by atoms with E-state index >= 15 is 0 Å². The fourth-order valence-electron chi connectivity index (χ4n) is 2.86. The molecule has 0 saturated carbocycles. The maximum Gasteiger partial charge on any atom is 0.183 e. The van der Waals surface area contributed by atoms with Gasteiger partial charge in [-0.2, -0.15) is 0 Å². The van der Waals surface area contributed by atoms with E-state index < -0.39 is 0 Å². The molecule has 21 heavy (non-hydrogen) atoms. The number of nitrogens with one attached hydrogen (secondary N) is 1. The van der Waals surface area contributed by atoms with Crippen molar-refractivity contribution in [2.45, 2.75) is 25.3 Å². The largest absolute Gasteiger partial charge is 0.342 e. The summed E-state index contributed by atoms with van der Waals surface area (Å²) in [4.78, 5) is 16.7. The molecule has 2 aromatic heterocycles. The Morgan fingerprint density at radius 1 is 1.38 bits per heavy atom. The summed E-state index contributed by atoms with van der Waals surface area (Å²) in [6, 6.07) is 6.27.